The van der Waals surface area contributed by atoms with Crippen molar-refractivity contribution in [3.8, 4) is 0 Å². The molecule has 0 aromatic carbocycles. The molecule has 85 heavy (non-hydrogen) atoms. The third kappa shape index (κ3) is 60.7. The molecule has 0 amide bonds. The lowest BCUT2D eigenvalue weighted by molar-refractivity contribution is -0.161. The number of rotatable bonds is 66. The number of esters is 4. The normalized spacial score (nSPS) is 14.2. The summed E-state index contributed by atoms with van der Waals surface area (Å²) in [6, 6.07) is 0. The molecule has 0 spiro atoms. The van der Waals surface area contributed by atoms with E-state index in [0.29, 0.717) is 31.6 Å². The molecule has 19 heteroatoms. The average molecular weight is 1260 g/mol. The van der Waals surface area contributed by atoms with Crippen molar-refractivity contribution in [1.82, 2.24) is 0 Å². The van der Waals surface area contributed by atoms with Gasteiger partial charge in [0.15, 0.2) is 12.2 Å². The van der Waals surface area contributed by atoms with Crippen molar-refractivity contribution < 1.29 is 80.2 Å². The molecule has 0 aromatic rings. The van der Waals surface area contributed by atoms with Gasteiger partial charge in [0.05, 0.1) is 26.4 Å². The molecule has 0 aliphatic carbocycles. The fourth-order valence-electron chi connectivity index (χ4n) is 9.94. The van der Waals surface area contributed by atoms with Crippen molar-refractivity contribution in [2.24, 2.45) is 5.92 Å². The Hall–Kier alpha value is -1.94. The van der Waals surface area contributed by atoms with Gasteiger partial charge in [-0.1, -0.05) is 285 Å². The number of hydrogen-bond donors (Lipinski definition) is 3. The highest BCUT2D eigenvalue weighted by molar-refractivity contribution is 7.47. The second-order valence-corrected chi connectivity index (χ2v) is 27.2. The van der Waals surface area contributed by atoms with E-state index >= 15 is 0 Å². The van der Waals surface area contributed by atoms with Crippen molar-refractivity contribution >= 4 is 39.5 Å². The van der Waals surface area contributed by atoms with E-state index in [0.717, 1.165) is 89.9 Å². The maximum atomic E-state index is 13.0. The maximum Gasteiger partial charge on any atom is 0.472 e. The average Bonchev–Trinajstić information content (AvgIpc) is 3.48. The molecule has 0 aliphatic heterocycles. The number of hydrogen-bond acceptors (Lipinski definition) is 15. The summed E-state index contributed by atoms with van der Waals surface area (Å²) >= 11 is 0. The minimum atomic E-state index is -4.95. The Balaban J connectivity index is 5.23. The molecule has 17 nitrogen and oxygen atoms in total. The van der Waals surface area contributed by atoms with Gasteiger partial charge in [-0.05, 0) is 31.6 Å². The molecule has 504 valence electrons. The Morgan fingerprint density at radius 2 is 0.541 bits per heavy atom. The molecule has 0 bridgehead atoms. The standard InChI is InChI=1S/C66H128O17P2/c1-6-9-12-15-18-21-24-25-26-28-31-36-41-46-51-65(70)82-61(55-77-64(69)50-45-40-35-30-27-22-19-16-13-10-7-2)57-80-84(72,73)78-53-60(67)54-79-85(74,75)81-58-62(83-66(71)52-47-42-37-32-33-38-43-48-59(4)5)56-76-63(68)49-44-39-34-29-23-20-17-14-11-8-3/h59-62,67H,6-58H2,1-5H3,(H,72,73)(H,74,75)/t60-,61-,62-/m1/s1. The molecule has 3 N–H and O–H groups in total. The molecule has 2 unspecified atom stereocenters. The first-order valence-electron chi connectivity index (χ1n) is 34.6. The Morgan fingerprint density at radius 1 is 0.318 bits per heavy atom. The second-order valence-electron chi connectivity index (χ2n) is 24.3. The molecular formula is C66H128O17P2. The summed E-state index contributed by atoms with van der Waals surface area (Å²) in [6.45, 7) is 7.14. The van der Waals surface area contributed by atoms with Gasteiger partial charge in [0.1, 0.15) is 19.3 Å². The van der Waals surface area contributed by atoms with E-state index in [4.69, 9.17) is 37.0 Å². The molecular weight excluding hydrogens is 1130 g/mol. The fraction of sp³-hybridized carbons (Fsp3) is 0.939. The smallest absolute Gasteiger partial charge is 0.462 e. The summed E-state index contributed by atoms with van der Waals surface area (Å²) < 4.78 is 68.1. The van der Waals surface area contributed by atoms with E-state index in [-0.39, 0.29) is 25.7 Å². The fourth-order valence-corrected chi connectivity index (χ4v) is 11.5. The Kier molecular flexibility index (Phi) is 58.3. The summed E-state index contributed by atoms with van der Waals surface area (Å²) in [5, 5.41) is 10.5. The molecule has 0 fully saturated rings. The van der Waals surface area contributed by atoms with Gasteiger partial charge in [0.25, 0.3) is 0 Å². The van der Waals surface area contributed by atoms with Gasteiger partial charge in [-0.25, -0.2) is 9.13 Å². The van der Waals surface area contributed by atoms with Gasteiger partial charge in [-0.15, -0.1) is 0 Å². The van der Waals surface area contributed by atoms with E-state index in [9.17, 15) is 43.2 Å². The number of carbonyl (C=O) groups excluding carboxylic acids is 4. The van der Waals surface area contributed by atoms with Crippen LogP contribution in [0.2, 0.25) is 0 Å². The number of aliphatic hydroxyl groups excluding tert-OH is 1. The van der Waals surface area contributed by atoms with Gasteiger partial charge in [0, 0.05) is 25.7 Å². The SMILES string of the molecule is CCCCCCCCCCCCCCCCC(=O)O[C@H](COC(=O)CCCCCCCCCCCCC)COP(=O)(O)OC[C@@H](O)COP(=O)(O)OC[C@@H](COC(=O)CCCCCCCCCCCC)OC(=O)CCCCCCCCCC(C)C. The van der Waals surface area contributed by atoms with Crippen LogP contribution in [0.4, 0.5) is 0 Å². The number of phosphoric acid groups is 2. The minimum Gasteiger partial charge on any atom is -0.462 e. The van der Waals surface area contributed by atoms with Crippen molar-refractivity contribution in [3.63, 3.8) is 0 Å². The number of carbonyl (C=O) groups is 4. The topological polar surface area (TPSA) is 237 Å². The van der Waals surface area contributed by atoms with E-state index in [1.807, 2.05) is 0 Å². The summed E-state index contributed by atoms with van der Waals surface area (Å²) in [5.41, 5.74) is 0. The third-order valence-electron chi connectivity index (χ3n) is 15.3. The highest BCUT2D eigenvalue weighted by Crippen LogP contribution is 2.45. The summed E-state index contributed by atoms with van der Waals surface area (Å²) in [5.74, 6) is -1.43. The number of ether oxygens (including phenoxy) is 4. The molecule has 0 saturated heterocycles. The zero-order chi connectivity index (χ0) is 62.8. The summed E-state index contributed by atoms with van der Waals surface area (Å²) in [6.07, 6.45) is 44.4. The lowest BCUT2D eigenvalue weighted by Crippen LogP contribution is -2.30. The first-order valence-corrected chi connectivity index (χ1v) is 37.6. The largest absolute Gasteiger partial charge is 0.472 e. The Bertz CT molecular complexity index is 1650. The number of aliphatic hydroxyl groups is 1. The van der Waals surface area contributed by atoms with Gasteiger partial charge in [-0.3, -0.25) is 37.3 Å². The van der Waals surface area contributed by atoms with Gasteiger partial charge >= 0.3 is 39.5 Å². The zero-order valence-electron chi connectivity index (χ0n) is 54.7. The third-order valence-corrected chi connectivity index (χ3v) is 17.2. The first-order chi connectivity index (χ1) is 41.0. The van der Waals surface area contributed by atoms with Crippen molar-refractivity contribution in [3.05, 3.63) is 0 Å². The molecule has 0 aliphatic rings. The van der Waals surface area contributed by atoms with E-state index in [1.165, 1.54) is 161 Å². The van der Waals surface area contributed by atoms with Crippen LogP contribution < -0.4 is 0 Å². The van der Waals surface area contributed by atoms with Crippen molar-refractivity contribution in [2.45, 2.75) is 355 Å². The van der Waals surface area contributed by atoms with Crippen LogP contribution in [0.5, 0.6) is 0 Å². The van der Waals surface area contributed by atoms with E-state index < -0.39 is 97.5 Å². The second kappa shape index (κ2) is 59.7. The minimum absolute atomic E-state index is 0.104. The van der Waals surface area contributed by atoms with Crippen LogP contribution in [0.3, 0.4) is 0 Å². The van der Waals surface area contributed by atoms with E-state index in [1.54, 1.807) is 0 Å². The van der Waals surface area contributed by atoms with Crippen LogP contribution in [0, 0.1) is 5.92 Å². The lowest BCUT2D eigenvalue weighted by atomic mass is 10.0. The van der Waals surface area contributed by atoms with Gasteiger partial charge in [0.2, 0.25) is 0 Å². The maximum absolute atomic E-state index is 13.0. The number of phosphoric ester groups is 2. The predicted octanol–water partition coefficient (Wildman–Crippen LogP) is 18.6. The lowest BCUT2D eigenvalue weighted by Gasteiger charge is -2.21. The summed E-state index contributed by atoms with van der Waals surface area (Å²) in [4.78, 5) is 72.3. The van der Waals surface area contributed by atoms with Crippen LogP contribution in [-0.2, 0) is 65.4 Å². The van der Waals surface area contributed by atoms with Crippen molar-refractivity contribution in [1.29, 1.82) is 0 Å². The predicted molar refractivity (Wildman–Crippen MR) is 340 cm³/mol. The quantitative estimate of drug-likeness (QED) is 0.0222. The monoisotopic (exact) mass is 1250 g/mol. The highest BCUT2D eigenvalue weighted by atomic mass is 31.2. The number of unbranched alkanes of at least 4 members (excludes halogenated alkanes) is 38. The highest BCUT2D eigenvalue weighted by Gasteiger charge is 2.30. The van der Waals surface area contributed by atoms with Gasteiger partial charge in [-0.2, -0.15) is 0 Å². The van der Waals surface area contributed by atoms with E-state index in [2.05, 4.69) is 34.6 Å². The molecule has 0 heterocycles. The molecule has 0 saturated carbocycles. The van der Waals surface area contributed by atoms with Gasteiger partial charge < -0.3 is 33.8 Å². The molecule has 5 atom stereocenters. The zero-order valence-corrected chi connectivity index (χ0v) is 56.5. The Labute approximate surface area is 517 Å². The van der Waals surface area contributed by atoms with Crippen LogP contribution >= 0.6 is 15.6 Å². The Morgan fingerprint density at radius 3 is 0.800 bits per heavy atom. The molecule has 0 radical (unpaired) electrons. The van der Waals surface area contributed by atoms with Crippen LogP contribution in [0.25, 0.3) is 0 Å². The first kappa shape index (κ1) is 83.1. The molecule has 0 rings (SSSR count). The molecule has 0 aromatic heterocycles. The van der Waals surface area contributed by atoms with Crippen LogP contribution in [0.1, 0.15) is 336 Å². The summed E-state index contributed by atoms with van der Waals surface area (Å²) in [7, 11) is -9.89. The van der Waals surface area contributed by atoms with Crippen molar-refractivity contribution in [2.75, 3.05) is 39.6 Å². The van der Waals surface area contributed by atoms with Crippen LogP contribution in [-0.4, -0.2) is 96.7 Å². The van der Waals surface area contributed by atoms with Crippen LogP contribution in [0.15, 0.2) is 0 Å².